The van der Waals surface area contributed by atoms with Gasteiger partial charge in [0.15, 0.2) is 0 Å². The van der Waals surface area contributed by atoms with Crippen LogP contribution in [0.5, 0.6) is 0 Å². The third-order valence-electron chi connectivity index (χ3n) is 4.59. The Morgan fingerprint density at radius 1 is 1.21 bits per heavy atom. The van der Waals surface area contributed by atoms with Crippen LogP contribution in [0.15, 0.2) is 52.1 Å². The van der Waals surface area contributed by atoms with Gasteiger partial charge in [-0.1, -0.05) is 17.3 Å². The van der Waals surface area contributed by atoms with Gasteiger partial charge in [0.2, 0.25) is 0 Å². The number of amides is 1. The number of pyridine rings is 1. The first-order chi connectivity index (χ1) is 14.0. The second kappa shape index (κ2) is 8.34. The Hall–Kier alpha value is -2.71. The summed E-state index contributed by atoms with van der Waals surface area (Å²) in [7, 11) is 1.80. The zero-order valence-electron chi connectivity index (χ0n) is 16.4. The molecule has 0 N–H and O–H groups in total. The van der Waals surface area contributed by atoms with Crippen molar-refractivity contribution in [2.24, 2.45) is 0 Å². The zero-order valence-corrected chi connectivity index (χ0v) is 18.0. The molecule has 0 fully saturated rings. The van der Waals surface area contributed by atoms with Crippen molar-refractivity contribution < 1.29 is 9.32 Å². The molecule has 3 aromatic heterocycles. The highest BCUT2D eigenvalue weighted by molar-refractivity contribution is 7.98. The monoisotopic (exact) mass is 424 g/mol. The molecule has 0 aliphatic carbocycles. The van der Waals surface area contributed by atoms with Crippen LogP contribution in [0.2, 0.25) is 0 Å². The van der Waals surface area contributed by atoms with Gasteiger partial charge >= 0.3 is 0 Å². The largest absolute Gasteiger partial charge is 0.361 e. The fraction of sp³-hybridized carbons (Fsp3) is 0.238. The standard InChI is InChI=1S/C21H20N4O2S2/c1-13-16(14(2)27-24-13)12-28-20-15(7-6-10-22-20)21(26)25(3)11-19-23-17-8-4-5-9-18(17)29-19/h4-10H,11-12H2,1-3H3. The van der Waals surface area contributed by atoms with Crippen LogP contribution in [-0.4, -0.2) is 33.0 Å². The second-order valence-corrected chi connectivity index (χ2v) is 8.76. The van der Waals surface area contributed by atoms with E-state index >= 15 is 0 Å². The summed E-state index contributed by atoms with van der Waals surface area (Å²) in [5.74, 6) is 1.38. The van der Waals surface area contributed by atoms with E-state index < -0.39 is 0 Å². The molecule has 0 unspecified atom stereocenters. The molecule has 1 amide bonds. The van der Waals surface area contributed by atoms with Gasteiger partial charge in [-0.05, 0) is 38.1 Å². The number of carbonyl (C=O) groups excluding carboxylic acids is 1. The third kappa shape index (κ3) is 4.18. The number of aryl methyl sites for hydroxylation is 2. The summed E-state index contributed by atoms with van der Waals surface area (Å²) >= 11 is 3.13. The van der Waals surface area contributed by atoms with Crippen molar-refractivity contribution in [3.8, 4) is 0 Å². The third-order valence-corrected chi connectivity index (χ3v) is 6.65. The molecule has 0 saturated heterocycles. The average molecular weight is 425 g/mol. The fourth-order valence-electron chi connectivity index (χ4n) is 2.98. The number of thioether (sulfide) groups is 1. The lowest BCUT2D eigenvalue weighted by Gasteiger charge is -2.17. The van der Waals surface area contributed by atoms with E-state index in [0.29, 0.717) is 22.9 Å². The van der Waals surface area contributed by atoms with Crippen LogP contribution in [-0.2, 0) is 12.3 Å². The maximum atomic E-state index is 13.1. The van der Waals surface area contributed by atoms with Crippen molar-refractivity contribution in [2.75, 3.05) is 7.05 Å². The summed E-state index contributed by atoms with van der Waals surface area (Å²) in [6.07, 6.45) is 1.71. The van der Waals surface area contributed by atoms with E-state index in [1.165, 1.54) is 11.8 Å². The van der Waals surface area contributed by atoms with Crippen molar-refractivity contribution in [2.45, 2.75) is 31.2 Å². The minimum absolute atomic E-state index is 0.0707. The van der Waals surface area contributed by atoms with Crippen LogP contribution >= 0.6 is 23.1 Å². The summed E-state index contributed by atoms with van der Waals surface area (Å²) in [4.78, 5) is 23.8. The van der Waals surface area contributed by atoms with Crippen molar-refractivity contribution in [3.63, 3.8) is 0 Å². The maximum Gasteiger partial charge on any atom is 0.256 e. The summed E-state index contributed by atoms with van der Waals surface area (Å²) < 4.78 is 6.35. The molecular weight excluding hydrogens is 404 g/mol. The van der Waals surface area contributed by atoms with Crippen LogP contribution < -0.4 is 0 Å². The Kier molecular flexibility index (Phi) is 5.64. The van der Waals surface area contributed by atoms with E-state index in [1.54, 1.807) is 35.5 Å². The van der Waals surface area contributed by atoms with Crippen LogP contribution in [0.25, 0.3) is 10.2 Å². The molecule has 0 spiro atoms. The van der Waals surface area contributed by atoms with Gasteiger partial charge in [-0.25, -0.2) is 9.97 Å². The first-order valence-corrected chi connectivity index (χ1v) is 10.9. The normalized spacial score (nSPS) is 11.1. The predicted octanol–water partition coefficient (Wildman–Crippen LogP) is 4.86. The van der Waals surface area contributed by atoms with E-state index in [4.69, 9.17) is 4.52 Å². The summed E-state index contributed by atoms with van der Waals surface area (Å²) in [6.45, 7) is 4.27. The Bertz CT molecular complexity index is 1120. The summed E-state index contributed by atoms with van der Waals surface area (Å²) in [6, 6.07) is 11.6. The lowest BCUT2D eigenvalue weighted by atomic mass is 10.2. The Balaban J connectivity index is 1.50. The Morgan fingerprint density at radius 2 is 2.03 bits per heavy atom. The number of aromatic nitrogens is 3. The SMILES string of the molecule is Cc1noc(C)c1CSc1ncccc1C(=O)N(C)Cc1nc2ccccc2s1. The van der Waals surface area contributed by atoms with Gasteiger partial charge in [-0.3, -0.25) is 4.79 Å². The minimum Gasteiger partial charge on any atom is -0.361 e. The minimum atomic E-state index is -0.0707. The molecule has 148 valence electrons. The first-order valence-electron chi connectivity index (χ1n) is 9.12. The molecule has 0 saturated carbocycles. The van der Waals surface area contributed by atoms with Crippen molar-refractivity contribution >= 4 is 39.2 Å². The van der Waals surface area contributed by atoms with Gasteiger partial charge in [0.1, 0.15) is 15.8 Å². The number of hydrogen-bond donors (Lipinski definition) is 0. The highest BCUT2D eigenvalue weighted by Crippen LogP contribution is 2.28. The van der Waals surface area contributed by atoms with Gasteiger partial charge in [-0.15, -0.1) is 23.1 Å². The molecule has 4 rings (SSSR count). The number of rotatable bonds is 6. The molecule has 1 aromatic carbocycles. The number of nitrogens with zero attached hydrogens (tertiary/aromatic N) is 4. The predicted molar refractivity (Wildman–Crippen MR) is 115 cm³/mol. The molecule has 8 heteroatoms. The number of carbonyl (C=O) groups is 1. The molecule has 0 bridgehead atoms. The number of thiazole rings is 1. The van der Waals surface area contributed by atoms with Gasteiger partial charge in [0, 0.05) is 24.6 Å². The second-order valence-electron chi connectivity index (χ2n) is 6.68. The first kappa shape index (κ1) is 19.6. The highest BCUT2D eigenvalue weighted by Gasteiger charge is 2.19. The van der Waals surface area contributed by atoms with Crippen LogP contribution in [0.1, 0.15) is 32.4 Å². The van der Waals surface area contributed by atoms with Crippen LogP contribution in [0.4, 0.5) is 0 Å². The average Bonchev–Trinajstić information content (AvgIpc) is 3.28. The highest BCUT2D eigenvalue weighted by atomic mass is 32.2. The molecule has 29 heavy (non-hydrogen) atoms. The van der Waals surface area contributed by atoms with E-state index in [9.17, 15) is 4.79 Å². The lowest BCUT2D eigenvalue weighted by Crippen LogP contribution is -2.26. The molecule has 6 nitrogen and oxygen atoms in total. The van der Waals surface area contributed by atoms with Crippen molar-refractivity contribution in [1.29, 1.82) is 0 Å². The van der Waals surface area contributed by atoms with Crippen molar-refractivity contribution in [1.82, 2.24) is 20.0 Å². The Labute approximate surface area is 177 Å². The smallest absolute Gasteiger partial charge is 0.256 e. The van der Waals surface area contributed by atoms with Gasteiger partial charge < -0.3 is 9.42 Å². The zero-order chi connectivity index (χ0) is 20.4. The van der Waals surface area contributed by atoms with Gasteiger partial charge in [-0.2, -0.15) is 0 Å². The van der Waals surface area contributed by atoms with Crippen LogP contribution in [0.3, 0.4) is 0 Å². The summed E-state index contributed by atoms with van der Waals surface area (Å²) in [5, 5.41) is 5.60. The molecule has 4 aromatic rings. The molecule has 0 aliphatic heterocycles. The van der Waals surface area contributed by atoms with E-state index in [0.717, 1.165) is 32.2 Å². The van der Waals surface area contributed by atoms with Gasteiger partial charge in [0.25, 0.3) is 5.91 Å². The van der Waals surface area contributed by atoms with Crippen molar-refractivity contribution in [3.05, 3.63) is 70.2 Å². The quantitative estimate of drug-likeness (QED) is 0.412. The molecule has 0 atom stereocenters. The number of benzene rings is 1. The number of hydrogen-bond acceptors (Lipinski definition) is 7. The van der Waals surface area contributed by atoms with Gasteiger partial charge in [0.05, 0.1) is 28.0 Å². The molecule has 0 aliphatic rings. The lowest BCUT2D eigenvalue weighted by molar-refractivity contribution is 0.0781. The fourth-order valence-corrected chi connectivity index (χ4v) is 5.15. The maximum absolute atomic E-state index is 13.1. The Morgan fingerprint density at radius 3 is 2.79 bits per heavy atom. The van der Waals surface area contributed by atoms with E-state index in [-0.39, 0.29) is 5.91 Å². The topological polar surface area (TPSA) is 72.1 Å². The van der Waals surface area contributed by atoms with E-state index in [2.05, 4.69) is 15.1 Å². The number of para-hydroxylation sites is 1. The van der Waals surface area contributed by atoms with Crippen LogP contribution in [0, 0.1) is 13.8 Å². The molecule has 0 radical (unpaired) electrons. The molecule has 3 heterocycles. The summed E-state index contributed by atoms with van der Waals surface area (Å²) in [5.41, 5.74) is 3.46. The van der Waals surface area contributed by atoms with E-state index in [1.807, 2.05) is 44.2 Å². The number of fused-ring (bicyclic) bond motifs is 1. The molecular formula is C21H20N4O2S2.